The molecule has 0 atom stereocenters. The number of urea groups is 1. The van der Waals surface area contributed by atoms with Gasteiger partial charge in [-0.2, -0.15) is 0 Å². The predicted octanol–water partition coefficient (Wildman–Crippen LogP) is 4.77. The number of amides is 2. The van der Waals surface area contributed by atoms with E-state index in [4.69, 9.17) is 4.74 Å². The van der Waals surface area contributed by atoms with Crippen LogP contribution in [0.15, 0.2) is 60.8 Å². The molecule has 2 N–H and O–H groups in total. The molecule has 7 nitrogen and oxygen atoms in total. The van der Waals surface area contributed by atoms with E-state index in [0.717, 1.165) is 22.3 Å². The van der Waals surface area contributed by atoms with Crippen LogP contribution in [-0.2, 0) is 6.54 Å². The van der Waals surface area contributed by atoms with Crippen molar-refractivity contribution >= 4 is 22.9 Å². The molecule has 0 aliphatic carbocycles. The van der Waals surface area contributed by atoms with Gasteiger partial charge in [-0.05, 0) is 67.4 Å². The fraction of sp³-hybridized carbons (Fsp3) is 0.208. The highest BCUT2D eigenvalue weighted by atomic mass is 19.1. The Morgan fingerprint density at radius 3 is 2.75 bits per heavy atom. The fourth-order valence-electron chi connectivity index (χ4n) is 3.51. The van der Waals surface area contributed by atoms with Crippen LogP contribution in [-0.4, -0.2) is 34.2 Å². The maximum atomic E-state index is 13.4. The van der Waals surface area contributed by atoms with Crippen LogP contribution in [0.5, 0.6) is 5.75 Å². The third-order valence-electron chi connectivity index (χ3n) is 5.05. The van der Waals surface area contributed by atoms with Gasteiger partial charge < -0.3 is 19.9 Å². The smallest absolute Gasteiger partial charge is 0.319 e. The molecule has 164 valence electrons. The third kappa shape index (κ3) is 4.69. The minimum absolute atomic E-state index is 0.296. The number of rotatable bonds is 7. The molecule has 4 aromatic rings. The van der Waals surface area contributed by atoms with Crippen molar-refractivity contribution in [2.75, 3.05) is 19.0 Å². The first-order chi connectivity index (χ1) is 15.5. The summed E-state index contributed by atoms with van der Waals surface area (Å²) in [5.41, 5.74) is 3.97. The third-order valence-corrected chi connectivity index (χ3v) is 5.05. The van der Waals surface area contributed by atoms with Gasteiger partial charge in [-0.25, -0.2) is 19.2 Å². The van der Waals surface area contributed by atoms with Crippen molar-refractivity contribution in [1.29, 1.82) is 0 Å². The number of methoxy groups -OCH3 is 1. The number of imidazole rings is 1. The average Bonchev–Trinajstić information content (AvgIpc) is 3.16. The molecule has 2 aromatic heterocycles. The molecule has 0 spiro atoms. The Hall–Kier alpha value is -3.94. The minimum Gasteiger partial charge on any atom is -0.495 e. The number of fused-ring (bicyclic) bond motifs is 1. The molecule has 4 rings (SSSR count). The standard InChI is InChI=1S/C24H24FN5O2/c1-16-6-11-21(32-2)20(15-16)29-24(31)27-13-4-14-30-22(17-7-9-18(25)10-8-17)28-19-5-3-12-26-23(19)30/h3,5-12,15H,4,13-14H2,1-2H3,(H2,27,29,31). The summed E-state index contributed by atoms with van der Waals surface area (Å²) < 4.78 is 20.7. The van der Waals surface area contributed by atoms with Crippen molar-refractivity contribution in [3.63, 3.8) is 0 Å². The number of aryl methyl sites for hydroxylation is 2. The van der Waals surface area contributed by atoms with E-state index in [2.05, 4.69) is 20.6 Å². The Balaban J connectivity index is 1.42. The number of hydrogen-bond acceptors (Lipinski definition) is 4. The number of carbonyl (C=O) groups is 1. The van der Waals surface area contributed by atoms with E-state index in [1.54, 1.807) is 25.4 Å². The van der Waals surface area contributed by atoms with E-state index < -0.39 is 0 Å². The molecule has 0 bridgehead atoms. The number of benzene rings is 2. The van der Waals surface area contributed by atoms with Crippen LogP contribution in [0.2, 0.25) is 0 Å². The van der Waals surface area contributed by atoms with Gasteiger partial charge in [0.05, 0.1) is 12.8 Å². The first-order valence-corrected chi connectivity index (χ1v) is 10.3. The maximum Gasteiger partial charge on any atom is 0.319 e. The van der Waals surface area contributed by atoms with Gasteiger partial charge in [0.15, 0.2) is 5.65 Å². The number of nitrogens with one attached hydrogen (secondary N) is 2. The van der Waals surface area contributed by atoms with Crippen LogP contribution in [0.4, 0.5) is 14.9 Å². The predicted molar refractivity (Wildman–Crippen MR) is 122 cm³/mol. The molecule has 0 saturated carbocycles. The topological polar surface area (TPSA) is 81.1 Å². The lowest BCUT2D eigenvalue weighted by Gasteiger charge is -2.13. The maximum absolute atomic E-state index is 13.4. The monoisotopic (exact) mass is 433 g/mol. The van der Waals surface area contributed by atoms with Crippen molar-refractivity contribution < 1.29 is 13.9 Å². The lowest BCUT2D eigenvalue weighted by molar-refractivity contribution is 0.251. The second kappa shape index (κ2) is 9.47. The molecule has 0 fully saturated rings. The molecular formula is C24H24FN5O2. The summed E-state index contributed by atoms with van der Waals surface area (Å²) in [4.78, 5) is 21.5. The van der Waals surface area contributed by atoms with Crippen molar-refractivity contribution in [3.8, 4) is 17.1 Å². The van der Waals surface area contributed by atoms with Crippen LogP contribution in [0.3, 0.4) is 0 Å². The minimum atomic E-state index is -0.304. The molecule has 0 saturated heterocycles. The highest BCUT2D eigenvalue weighted by molar-refractivity contribution is 5.91. The lowest BCUT2D eigenvalue weighted by Crippen LogP contribution is -2.30. The number of anilines is 1. The van der Waals surface area contributed by atoms with Crippen molar-refractivity contribution in [3.05, 3.63) is 72.2 Å². The molecule has 2 heterocycles. The molecule has 8 heteroatoms. The van der Waals surface area contributed by atoms with Gasteiger partial charge in [0.2, 0.25) is 0 Å². The van der Waals surface area contributed by atoms with Gasteiger partial charge in [-0.15, -0.1) is 0 Å². The zero-order valence-corrected chi connectivity index (χ0v) is 17.9. The number of aromatic nitrogens is 3. The molecule has 0 radical (unpaired) electrons. The van der Waals surface area contributed by atoms with E-state index in [-0.39, 0.29) is 11.8 Å². The van der Waals surface area contributed by atoms with Gasteiger partial charge in [0.25, 0.3) is 0 Å². The van der Waals surface area contributed by atoms with Gasteiger partial charge in [0.1, 0.15) is 22.9 Å². The summed E-state index contributed by atoms with van der Waals surface area (Å²) >= 11 is 0. The summed E-state index contributed by atoms with van der Waals surface area (Å²) in [7, 11) is 1.57. The average molecular weight is 433 g/mol. The molecule has 2 amide bonds. The van der Waals surface area contributed by atoms with Crippen molar-refractivity contribution in [2.45, 2.75) is 19.9 Å². The molecular weight excluding hydrogens is 409 g/mol. The van der Waals surface area contributed by atoms with Gasteiger partial charge >= 0.3 is 6.03 Å². The van der Waals surface area contributed by atoms with Crippen LogP contribution in [0, 0.1) is 12.7 Å². The SMILES string of the molecule is COc1ccc(C)cc1NC(=O)NCCCn1c(-c2ccc(F)cc2)nc2cccnc21. The number of hydrogen-bond donors (Lipinski definition) is 2. The van der Waals surface area contributed by atoms with Gasteiger partial charge in [0, 0.05) is 24.8 Å². The first-order valence-electron chi connectivity index (χ1n) is 10.3. The van der Waals surface area contributed by atoms with Crippen molar-refractivity contribution in [2.24, 2.45) is 0 Å². The number of ether oxygens (including phenoxy) is 1. The van der Waals surface area contributed by atoms with E-state index in [1.165, 1.54) is 12.1 Å². The van der Waals surface area contributed by atoms with E-state index in [1.807, 2.05) is 41.8 Å². The van der Waals surface area contributed by atoms with Crippen molar-refractivity contribution in [1.82, 2.24) is 19.9 Å². The summed E-state index contributed by atoms with van der Waals surface area (Å²) in [5, 5.41) is 5.70. The Labute approximate surface area is 185 Å². The Kier molecular flexibility index (Phi) is 6.30. The Morgan fingerprint density at radius 1 is 1.16 bits per heavy atom. The van der Waals surface area contributed by atoms with E-state index in [9.17, 15) is 9.18 Å². The molecule has 2 aromatic carbocycles. The zero-order valence-electron chi connectivity index (χ0n) is 17.9. The Morgan fingerprint density at radius 2 is 1.97 bits per heavy atom. The summed E-state index contributed by atoms with van der Waals surface area (Å²) in [5.74, 6) is 1.02. The van der Waals surface area contributed by atoms with Crippen LogP contribution in [0.1, 0.15) is 12.0 Å². The first kappa shape index (κ1) is 21.3. The lowest BCUT2D eigenvalue weighted by atomic mass is 10.2. The highest BCUT2D eigenvalue weighted by Gasteiger charge is 2.14. The summed E-state index contributed by atoms with van der Waals surface area (Å²) in [6.45, 7) is 2.99. The normalized spacial score (nSPS) is 10.8. The quantitative estimate of drug-likeness (QED) is 0.412. The van der Waals surface area contributed by atoms with Gasteiger partial charge in [-0.1, -0.05) is 6.07 Å². The van der Waals surface area contributed by atoms with E-state index >= 15 is 0 Å². The number of nitrogens with zero attached hydrogens (tertiary/aromatic N) is 3. The molecule has 0 unspecified atom stereocenters. The van der Waals surface area contributed by atoms with Crippen LogP contribution in [0.25, 0.3) is 22.6 Å². The number of pyridine rings is 1. The second-order valence-corrected chi connectivity index (χ2v) is 7.38. The highest BCUT2D eigenvalue weighted by Crippen LogP contribution is 2.25. The van der Waals surface area contributed by atoms with Crippen LogP contribution >= 0.6 is 0 Å². The zero-order chi connectivity index (χ0) is 22.5. The summed E-state index contributed by atoms with van der Waals surface area (Å²) in [6, 6.07) is 15.3. The second-order valence-electron chi connectivity index (χ2n) is 7.38. The molecule has 0 aliphatic rings. The van der Waals surface area contributed by atoms with E-state index in [0.29, 0.717) is 36.8 Å². The number of halogens is 1. The largest absolute Gasteiger partial charge is 0.495 e. The molecule has 0 aliphatic heterocycles. The summed E-state index contributed by atoms with van der Waals surface area (Å²) in [6.07, 6.45) is 2.38. The van der Waals surface area contributed by atoms with Crippen LogP contribution < -0.4 is 15.4 Å². The number of carbonyl (C=O) groups excluding carboxylic acids is 1. The Bertz CT molecular complexity index is 1240. The van der Waals surface area contributed by atoms with Gasteiger partial charge in [-0.3, -0.25) is 0 Å². The molecule has 32 heavy (non-hydrogen) atoms. The fourth-order valence-corrected chi connectivity index (χ4v) is 3.51.